The molecule has 0 spiro atoms. The van der Waals surface area contributed by atoms with Crippen molar-refractivity contribution in [2.45, 2.75) is 57.7 Å². The number of hydrogen-bond acceptors (Lipinski definition) is 4. The minimum Gasteiger partial charge on any atom is -0.444 e. The van der Waals surface area contributed by atoms with Crippen LogP contribution >= 0.6 is 0 Å². The molecule has 0 aromatic carbocycles. The number of piperidine rings is 1. The van der Waals surface area contributed by atoms with Crippen LogP contribution in [0.4, 0.5) is 4.79 Å². The summed E-state index contributed by atoms with van der Waals surface area (Å²) in [5.41, 5.74) is -0.411. The second kappa shape index (κ2) is 6.31. The molecule has 0 aliphatic carbocycles. The van der Waals surface area contributed by atoms with Crippen LogP contribution in [0.1, 0.15) is 40.0 Å². The van der Waals surface area contributed by atoms with Crippen LogP contribution in [0.15, 0.2) is 0 Å². The van der Waals surface area contributed by atoms with Gasteiger partial charge >= 0.3 is 6.09 Å². The Bertz CT molecular complexity index is 341. The molecule has 116 valence electrons. The maximum absolute atomic E-state index is 12.1. The second-order valence-electron chi connectivity index (χ2n) is 7.18. The Kier molecular flexibility index (Phi) is 4.91. The number of likely N-dealkylation sites (tertiary alicyclic amines) is 2. The first-order valence-electron chi connectivity index (χ1n) is 7.76. The molecule has 2 heterocycles. The predicted octanol–water partition coefficient (Wildman–Crippen LogP) is 1.68. The van der Waals surface area contributed by atoms with Crippen molar-refractivity contribution in [1.29, 1.82) is 0 Å². The van der Waals surface area contributed by atoms with Gasteiger partial charge in [-0.3, -0.25) is 0 Å². The standard InChI is InChI=1S/C15H29N3O2/c1-15(2,3)20-14(19)18-8-5-6-12(11-18)16-13-7-9-17(4)10-13/h12-13,16H,5-11H2,1-4H3. The van der Waals surface area contributed by atoms with Crippen molar-refractivity contribution < 1.29 is 9.53 Å². The fourth-order valence-electron chi connectivity index (χ4n) is 3.01. The van der Waals surface area contributed by atoms with Gasteiger partial charge < -0.3 is 19.9 Å². The highest BCUT2D eigenvalue weighted by Crippen LogP contribution is 2.17. The van der Waals surface area contributed by atoms with Gasteiger partial charge in [-0.2, -0.15) is 0 Å². The highest BCUT2D eigenvalue weighted by molar-refractivity contribution is 5.68. The molecule has 2 saturated heterocycles. The first-order valence-corrected chi connectivity index (χ1v) is 7.76. The van der Waals surface area contributed by atoms with E-state index in [1.54, 1.807) is 0 Å². The lowest BCUT2D eigenvalue weighted by atomic mass is 10.0. The first-order chi connectivity index (χ1) is 9.33. The molecule has 1 N–H and O–H groups in total. The minimum absolute atomic E-state index is 0.174. The molecule has 0 radical (unpaired) electrons. The van der Waals surface area contributed by atoms with Gasteiger partial charge in [0.2, 0.25) is 0 Å². The van der Waals surface area contributed by atoms with E-state index in [9.17, 15) is 4.79 Å². The summed E-state index contributed by atoms with van der Waals surface area (Å²) in [6.07, 6.45) is 3.24. The topological polar surface area (TPSA) is 44.8 Å². The lowest BCUT2D eigenvalue weighted by Crippen LogP contribution is -2.52. The van der Waals surface area contributed by atoms with Gasteiger partial charge in [0, 0.05) is 31.7 Å². The van der Waals surface area contributed by atoms with E-state index in [-0.39, 0.29) is 6.09 Å². The lowest BCUT2D eigenvalue weighted by Gasteiger charge is -2.35. The van der Waals surface area contributed by atoms with Gasteiger partial charge in [-0.15, -0.1) is 0 Å². The molecule has 5 heteroatoms. The average Bonchev–Trinajstić information content (AvgIpc) is 2.73. The normalized spacial score (nSPS) is 28.7. The summed E-state index contributed by atoms with van der Waals surface area (Å²) in [7, 11) is 2.16. The van der Waals surface area contributed by atoms with Gasteiger partial charge in [-0.25, -0.2) is 4.79 Å². The molecule has 0 aromatic rings. The van der Waals surface area contributed by atoms with Gasteiger partial charge in [0.25, 0.3) is 0 Å². The van der Waals surface area contributed by atoms with E-state index in [4.69, 9.17) is 4.74 Å². The SMILES string of the molecule is CN1CCC(NC2CCCN(C(=O)OC(C)(C)C)C2)C1. The Morgan fingerprint density at radius 2 is 1.85 bits per heavy atom. The number of nitrogens with zero attached hydrogens (tertiary/aromatic N) is 2. The second-order valence-corrected chi connectivity index (χ2v) is 7.18. The van der Waals surface area contributed by atoms with Crippen molar-refractivity contribution in [3.05, 3.63) is 0 Å². The number of amides is 1. The molecule has 2 aliphatic heterocycles. The smallest absolute Gasteiger partial charge is 0.410 e. The Labute approximate surface area is 122 Å². The van der Waals surface area contributed by atoms with Gasteiger partial charge in [0.15, 0.2) is 0 Å². The summed E-state index contributed by atoms with van der Waals surface area (Å²) in [6.45, 7) is 9.62. The number of carbonyl (C=O) groups is 1. The lowest BCUT2D eigenvalue weighted by molar-refractivity contribution is 0.0183. The number of nitrogens with one attached hydrogen (secondary N) is 1. The molecule has 20 heavy (non-hydrogen) atoms. The van der Waals surface area contributed by atoms with Crippen molar-refractivity contribution in [3.63, 3.8) is 0 Å². The maximum Gasteiger partial charge on any atom is 0.410 e. The fraction of sp³-hybridized carbons (Fsp3) is 0.933. The van der Waals surface area contributed by atoms with Crippen LogP contribution in [0.3, 0.4) is 0 Å². The van der Waals surface area contributed by atoms with E-state index in [0.717, 1.165) is 32.5 Å². The molecule has 2 aliphatic rings. The Morgan fingerprint density at radius 1 is 1.15 bits per heavy atom. The molecule has 5 nitrogen and oxygen atoms in total. The van der Waals surface area contributed by atoms with E-state index in [1.165, 1.54) is 13.0 Å². The first kappa shape index (κ1) is 15.6. The quantitative estimate of drug-likeness (QED) is 0.837. The van der Waals surface area contributed by atoms with Crippen LogP contribution in [-0.4, -0.2) is 66.8 Å². The zero-order valence-corrected chi connectivity index (χ0v) is 13.3. The van der Waals surface area contributed by atoms with Crippen molar-refractivity contribution >= 4 is 6.09 Å². The highest BCUT2D eigenvalue weighted by atomic mass is 16.6. The van der Waals surface area contributed by atoms with Crippen LogP contribution < -0.4 is 5.32 Å². The zero-order valence-electron chi connectivity index (χ0n) is 13.3. The Morgan fingerprint density at radius 3 is 2.45 bits per heavy atom. The molecule has 2 rings (SSSR count). The Hall–Kier alpha value is -0.810. The summed E-state index contributed by atoms with van der Waals surface area (Å²) >= 11 is 0. The fourth-order valence-corrected chi connectivity index (χ4v) is 3.01. The molecule has 0 saturated carbocycles. The van der Waals surface area contributed by atoms with Crippen LogP contribution in [0, 0.1) is 0 Å². The number of likely N-dealkylation sites (N-methyl/N-ethyl adjacent to an activating group) is 1. The number of hydrogen-bond donors (Lipinski definition) is 1. The summed E-state index contributed by atoms with van der Waals surface area (Å²) in [6, 6.07) is 0.983. The van der Waals surface area contributed by atoms with Crippen molar-refractivity contribution in [2.24, 2.45) is 0 Å². The van der Waals surface area contributed by atoms with Crippen LogP contribution in [0.2, 0.25) is 0 Å². The average molecular weight is 283 g/mol. The van der Waals surface area contributed by atoms with Gasteiger partial charge in [-0.1, -0.05) is 0 Å². The van der Waals surface area contributed by atoms with E-state index >= 15 is 0 Å². The summed E-state index contributed by atoms with van der Waals surface area (Å²) in [5.74, 6) is 0. The third-order valence-corrected chi connectivity index (χ3v) is 3.94. The van der Waals surface area contributed by atoms with E-state index in [2.05, 4.69) is 17.3 Å². The molecule has 2 atom stereocenters. The van der Waals surface area contributed by atoms with Gasteiger partial charge in [-0.05, 0) is 53.6 Å². The largest absolute Gasteiger partial charge is 0.444 e. The molecule has 0 bridgehead atoms. The Balaban J connectivity index is 1.80. The third-order valence-electron chi connectivity index (χ3n) is 3.94. The predicted molar refractivity (Wildman–Crippen MR) is 79.9 cm³/mol. The van der Waals surface area contributed by atoms with E-state index in [0.29, 0.717) is 12.1 Å². The zero-order chi connectivity index (χ0) is 14.8. The molecular weight excluding hydrogens is 254 g/mol. The van der Waals surface area contributed by atoms with Crippen molar-refractivity contribution in [2.75, 3.05) is 33.2 Å². The van der Waals surface area contributed by atoms with Crippen LogP contribution in [0.25, 0.3) is 0 Å². The summed E-state index contributed by atoms with van der Waals surface area (Å²) in [4.78, 5) is 16.3. The van der Waals surface area contributed by atoms with Crippen LogP contribution in [0.5, 0.6) is 0 Å². The van der Waals surface area contributed by atoms with Gasteiger partial charge in [0.05, 0.1) is 0 Å². The number of rotatable bonds is 2. The third kappa shape index (κ3) is 4.63. The summed E-state index contributed by atoms with van der Waals surface area (Å²) in [5, 5.41) is 3.70. The summed E-state index contributed by atoms with van der Waals surface area (Å²) < 4.78 is 5.46. The minimum atomic E-state index is -0.411. The number of carbonyl (C=O) groups excluding carboxylic acids is 1. The van der Waals surface area contributed by atoms with Crippen molar-refractivity contribution in [1.82, 2.24) is 15.1 Å². The molecule has 1 amide bonds. The molecule has 0 aromatic heterocycles. The van der Waals surface area contributed by atoms with E-state index < -0.39 is 5.60 Å². The van der Waals surface area contributed by atoms with E-state index in [1.807, 2.05) is 25.7 Å². The molecule has 2 unspecified atom stereocenters. The molecule has 2 fully saturated rings. The molecular formula is C15H29N3O2. The van der Waals surface area contributed by atoms with Crippen molar-refractivity contribution in [3.8, 4) is 0 Å². The number of ether oxygens (including phenoxy) is 1. The monoisotopic (exact) mass is 283 g/mol. The maximum atomic E-state index is 12.1. The van der Waals surface area contributed by atoms with Crippen LogP contribution in [-0.2, 0) is 4.74 Å². The highest BCUT2D eigenvalue weighted by Gasteiger charge is 2.29. The van der Waals surface area contributed by atoms with Gasteiger partial charge in [0.1, 0.15) is 5.60 Å².